The Labute approximate surface area is 115 Å². The monoisotopic (exact) mass is 301 g/mol. The Hall–Kier alpha value is -1.57. The molecule has 0 saturated carbocycles. The van der Waals surface area contributed by atoms with Gasteiger partial charge in [0.1, 0.15) is 10.9 Å². The molecule has 102 valence electrons. The normalized spacial score (nSPS) is 11.5. The van der Waals surface area contributed by atoms with E-state index < -0.39 is 10.0 Å². The van der Waals surface area contributed by atoms with Crippen molar-refractivity contribution in [3.63, 3.8) is 0 Å². The zero-order chi connectivity index (χ0) is 14.0. The molecule has 0 radical (unpaired) electrons. The topological polar surface area (TPSA) is 98.2 Å². The lowest BCUT2D eigenvalue weighted by atomic mass is 10.3. The summed E-state index contributed by atoms with van der Waals surface area (Å²) in [4.78, 5) is 3.99. The second-order valence-corrected chi connectivity index (χ2v) is 5.80. The average Bonchev–Trinajstić information content (AvgIpc) is 2.79. The molecular formula is C11H12ClN3O3S. The largest absolute Gasteiger partial charge is 0.446 e. The van der Waals surface area contributed by atoms with Crippen LogP contribution in [0.2, 0.25) is 5.15 Å². The van der Waals surface area contributed by atoms with Crippen LogP contribution in [0, 0.1) is 6.92 Å². The zero-order valence-electron chi connectivity index (χ0n) is 10.1. The standard InChI is InChI=1S/C11H12ClN3O3S/c1-7-4-8(5-15-11(7)12)14-6-9-2-3-10(18-9)19(13,16)17/h2-5,14H,6H2,1H3,(H2,13,16,17). The van der Waals surface area contributed by atoms with Crippen LogP contribution in [0.4, 0.5) is 5.69 Å². The highest BCUT2D eigenvalue weighted by Gasteiger charge is 2.13. The van der Waals surface area contributed by atoms with Gasteiger partial charge < -0.3 is 9.73 Å². The molecule has 8 heteroatoms. The Morgan fingerprint density at radius 3 is 2.79 bits per heavy atom. The number of sulfonamides is 1. The summed E-state index contributed by atoms with van der Waals surface area (Å²) in [7, 11) is -3.80. The number of hydrogen-bond donors (Lipinski definition) is 2. The van der Waals surface area contributed by atoms with Gasteiger partial charge in [-0.15, -0.1) is 0 Å². The molecule has 0 atom stereocenters. The van der Waals surface area contributed by atoms with E-state index in [1.165, 1.54) is 6.07 Å². The van der Waals surface area contributed by atoms with Gasteiger partial charge in [0.25, 0.3) is 10.0 Å². The quantitative estimate of drug-likeness (QED) is 0.840. The Morgan fingerprint density at radius 2 is 2.21 bits per heavy atom. The molecule has 0 aliphatic heterocycles. The number of aryl methyl sites for hydroxylation is 1. The van der Waals surface area contributed by atoms with E-state index in [2.05, 4.69) is 10.3 Å². The van der Waals surface area contributed by atoms with Crippen LogP contribution in [0.1, 0.15) is 11.3 Å². The van der Waals surface area contributed by atoms with E-state index in [1.54, 1.807) is 12.3 Å². The van der Waals surface area contributed by atoms with E-state index in [1.807, 2.05) is 13.0 Å². The van der Waals surface area contributed by atoms with Crippen LogP contribution in [0.25, 0.3) is 0 Å². The average molecular weight is 302 g/mol. The summed E-state index contributed by atoms with van der Waals surface area (Å²) >= 11 is 5.81. The fourth-order valence-electron chi connectivity index (χ4n) is 1.45. The van der Waals surface area contributed by atoms with Crippen LogP contribution >= 0.6 is 11.6 Å². The van der Waals surface area contributed by atoms with Crippen molar-refractivity contribution in [2.24, 2.45) is 5.14 Å². The fourth-order valence-corrected chi connectivity index (χ4v) is 2.03. The van der Waals surface area contributed by atoms with E-state index in [-0.39, 0.29) is 5.09 Å². The number of nitrogens with two attached hydrogens (primary N) is 1. The number of aromatic nitrogens is 1. The van der Waals surface area contributed by atoms with Crippen LogP contribution < -0.4 is 10.5 Å². The Kier molecular flexibility index (Phi) is 3.79. The van der Waals surface area contributed by atoms with Crippen molar-refractivity contribution in [1.29, 1.82) is 0 Å². The summed E-state index contributed by atoms with van der Waals surface area (Å²) in [6, 6.07) is 4.69. The van der Waals surface area contributed by atoms with Crippen molar-refractivity contribution in [1.82, 2.24) is 4.98 Å². The molecule has 0 aliphatic carbocycles. The first-order chi connectivity index (χ1) is 8.86. The van der Waals surface area contributed by atoms with E-state index in [4.69, 9.17) is 21.2 Å². The van der Waals surface area contributed by atoms with Crippen LogP contribution in [0.5, 0.6) is 0 Å². The smallest absolute Gasteiger partial charge is 0.271 e. The van der Waals surface area contributed by atoms with Gasteiger partial charge in [0.05, 0.1) is 18.4 Å². The molecular weight excluding hydrogens is 290 g/mol. The lowest BCUT2D eigenvalue weighted by molar-refractivity contribution is 0.419. The molecule has 2 heterocycles. The number of primary sulfonamides is 1. The number of hydrogen-bond acceptors (Lipinski definition) is 5. The molecule has 0 aliphatic rings. The lowest BCUT2D eigenvalue weighted by Gasteiger charge is -2.05. The Morgan fingerprint density at radius 1 is 1.47 bits per heavy atom. The van der Waals surface area contributed by atoms with E-state index in [9.17, 15) is 8.42 Å². The van der Waals surface area contributed by atoms with E-state index >= 15 is 0 Å². The number of nitrogens with one attached hydrogen (secondary N) is 1. The van der Waals surface area contributed by atoms with Gasteiger partial charge in [-0.25, -0.2) is 18.5 Å². The first kappa shape index (κ1) is 13.9. The molecule has 0 bridgehead atoms. The van der Waals surface area contributed by atoms with E-state index in [0.717, 1.165) is 11.3 Å². The number of nitrogens with zero attached hydrogens (tertiary/aromatic N) is 1. The van der Waals surface area contributed by atoms with Gasteiger partial charge in [-0.1, -0.05) is 11.6 Å². The van der Waals surface area contributed by atoms with Gasteiger partial charge >= 0.3 is 0 Å². The van der Waals surface area contributed by atoms with Gasteiger partial charge in [0, 0.05) is 0 Å². The molecule has 0 saturated heterocycles. The Bertz CT molecular complexity index is 697. The summed E-state index contributed by atoms with van der Waals surface area (Å²) in [6.45, 7) is 2.16. The highest BCUT2D eigenvalue weighted by Crippen LogP contribution is 2.18. The van der Waals surface area contributed by atoms with Crippen molar-refractivity contribution in [3.05, 3.63) is 40.9 Å². The molecule has 0 amide bonds. The highest BCUT2D eigenvalue weighted by atomic mass is 35.5. The van der Waals surface area contributed by atoms with Crippen molar-refractivity contribution in [2.75, 3.05) is 5.32 Å². The summed E-state index contributed by atoms with van der Waals surface area (Å²) in [5.41, 5.74) is 1.60. The number of furan rings is 1. The molecule has 19 heavy (non-hydrogen) atoms. The predicted molar refractivity (Wildman–Crippen MR) is 71.4 cm³/mol. The summed E-state index contributed by atoms with van der Waals surface area (Å²) in [5.74, 6) is 0.455. The van der Waals surface area contributed by atoms with Gasteiger partial charge in [-0.2, -0.15) is 0 Å². The minimum atomic E-state index is -3.80. The summed E-state index contributed by atoms with van der Waals surface area (Å²) < 4.78 is 27.2. The van der Waals surface area contributed by atoms with Gasteiger partial charge in [-0.05, 0) is 30.7 Å². The van der Waals surface area contributed by atoms with Gasteiger partial charge in [0.15, 0.2) is 0 Å². The predicted octanol–water partition coefficient (Wildman–Crippen LogP) is 1.90. The maximum atomic E-state index is 11.0. The third-order valence-electron chi connectivity index (χ3n) is 2.40. The second kappa shape index (κ2) is 5.20. The maximum Gasteiger partial charge on any atom is 0.271 e. The van der Waals surface area contributed by atoms with Crippen molar-refractivity contribution < 1.29 is 12.8 Å². The molecule has 3 N–H and O–H groups in total. The fraction of sp³-hybridized carbons (Fsp3) is 0.182. The second-order valence-electron chi connectivity index (χ2n) is 3.95. The third-order valence-corrected chi connectivity index (χ3v) is 3.57. The van der Waals surface area contributed by atoms with Gasteiger partial charge in [-0.3, -0.25) is 0 Å². The zero-order valence-corrected chi connectivity index (χ0v) is 11.6. The lowest BCUT2D eigenvalue weighted by Crippen LogP contribution is -2.10. The third kappa shape index (κ3) is 3.46. The SMILES string of the molecule is Cc1cc(NCc2ccc(S(N)(=O)=O)o2)cnc1Cl. The molecule has 2 aromatic rings. The Balaban J connectivity index is 2.06. The van der Waals surface area contributed by atoms with Crippen molar-refractivity contribution >= 4 is 27.3 Å². The van der Waals surface area contributed by atoms with E-state index in [0.29, 0.717) is 17.5 Å². The number of rotatable bonds is 4. The van der Waals surface area contributed by atoms with Crippen LogP contribution in [-0.4, -0.2) is 13.4 Å². The minimum absolute atomic E-state index is 0.255. The molecule has 0 fully saturated rings. The molecule has 0 spiro atoms. The van der Waals surface area contributed by atoms with Gasteiger partial charge in [0.2, 0.25) is 5.09 Å². The summed E-state index contributed by atoms with van der Waals surface area (Å²) in [6.07, 6.45) is 1.58. The number of pyridine rings is 1. The number of anilines is 1. The van der Waals surface area contributed by atoms with Crippen LogP contribution in [0.3, 0.4) is 0 Å². The molecule has 2 aromatic heterocycles. The summed E-state index contributed by atoms with van der Waals surface area (Å²) in [5, 5.41) is 8.18. The minimum Gasteiger partial charge on any atom is -0.446 e. The van der Waals surface area contributed by atoms with Crippen molar-refractivity contribution in [3.8, 4) is 0 Å². The molecule has 6 nitrogen and oxygen atoms in total. The van der Waals surface area contributed by atoms with Crippen molar-refractivity contribution in [2.45, 2.75) is 18.6 Å². The molecule has 0 unspecified atom stereocenters. The number of halogens is 1. The molecule has 0 aromatic carbocycles. The maximum absolute atomic E-state index is 11.0. The van der Waals surface area contributed by atoms with Crippen LogP contribution in [0.15, 0.2) is 33.9 Å². The highest BCUT2D eigenvalue weighted by molar-refractivity contribution is 7.89. The van der Waals surface area contributed by atoms with Crippen LogP contribution in [-0.2, 0) is 16.6 Å². The molecule has 2 rings (SSSR count). The first-order valence-electron chi connectivity index (χ1n) is 5.34. The first-order valence-corrected chi connectivity index (χ1v) is 7.26.